The quantitative estimate of drug-likeness (QED) is 0.404. The summed E-state index contributed by atoms with van der Waals surface area (Å²) in [5.41, 5.74) is 11.5. The van der Waals surface area contributed by atoms with Crippen LogP contribution in [0.1, 0.15) is 44.6 Å². The maximum atomic E-state index is 13.9. The third kappa shape index (κ3) is 6.60. The molecular formula is C24H31FN6O5S. The lowest BCUT2D eigenvalue weighted by molar-refractivity contribution is -0.126. The molecular weight excluding hydrogens is 503 g/mol. The summed E-state index contributed by atoms with van der Waals surface area (Å²) >= 11 is 0.751. The van der Waals surface area contributed by atoms with E-state index in [2.05, 4.69) is 14.6 Å². The Kier molecular flexibility index (Phi) is 9.03. The predicted octanol–water partition coefficient (Wildman–Crippen LogP) is 0.774. The van der Waals surface area contributed by atoms with Crippen LogP contribution in [0.15, 0.2) is 24.3 Å². The second-order valence-corrected chi connectivity index (χ2v) is 9.70. The molecule has 1 aromatic heterocycles. The van der Waals surface area contributed by atoms with Gasteiger partial charge in [-0.1, -0.05) is 12.1 Å². The molecule has 0 unspecified atom stereocenters. The van der Waals surface area contributed by atoms with E-state index >= 15 is 0 Å². The molecule has 2 saturated heterocycles. The molecule has 11 nitrogen and oxygen atoms in total. The first kappa shape index (κ1) is 26.9. The Morgan fingerprint density at radius 2 is 1.95 bits per heavy atom. The molecule has 13 heteroatoms. The van der Waals surface area contributed by atoms with Crippen molar-refractivity contribution in [1.29, 1.82) is 0 Å². The lowest BCUT2D eigenvalue weighted by Gasteiger charge is -2.34. The zero-order valence-corrected chi connectivity index (χ0v) is 21.2. The van der Waals surface area contributed by atoms with Gasteiger partial charge in [-0.3, -0.25) is 19.3 Å². The minimum atomic E-state index is -1.09. The first-order valence-electron chi connectivity index (χ1n) is 12.2. The fourth-order valence-electron chi connectivity index (χ4n) is 4.42. The topological polar surface area (TPSA) is 153 Å². The van der Waals surface area contributed by atoms with E-state index in [1.165, 1.54) is 29.2 Å². The van der Waals surface area contributed by atoms with Gasteiger partial charge in [0.15, 0.2) is 5.69 Å². The minimum Gasteiger partial charge on any atom is -0.395 e. The zero-order valence-electron chi connectivity index (χ0n) is 20.4. The largest absolute Gasteiger partial charge is 0.395 e. The van der Waals surface area contributed by atoms with Crippen molar-refractivity contribution in [3.63, 3.8) is 0 Å². The number of ether oxygens (including phenoxy) is 2. The van der Waals surface area contributed by atoms with Gasteiger partial charge in [-0.2, -0.15) is 4.37 Å². The molecule has 0 bridgehead atoms. The number of anilines is 1. The Labute approximate surface area is 218 Å². The number of carbonyl (C=O) groups is 3. The molecule has 3 heterocycles. The highest BCUT2D eigenvalue weighted by atomic mass is 32.1. The predicted molar refractivity (Wildman–Crippen MR) is 134 cm³/mol. The molecule has 2 fully saturated rings. The number of rotatable bonds is 10. The number of halogens is 1. The van der Waals surface area contributed by atoms with Gasteiger partial charge in [0.05, 0.1) is 25.0 Å². The molecule has 1 aromatic carbocycles. The Morgan fingerprint density at radius 3 is 2.57 bits per heavy atom. The molecule has 3 amide bonds. The number of morpholine rings is 1. The Hall–Kier alpha value is -3.13. The molecule has 2 aliphatic heterocycles. The summed E-state index contributed by atoms with van der Waals surface area (Å²) in [5.74, 6) is -2.32. The van der Waals surface area contributed by atoms with Crippen LogP contribution in [0.3, 0.4) is 0 Å². The number of hydrogen-bond acceptors (Lipinski definition) is 9. The highest BCUT2D eigenvalue weighted by Gasteiger charge is 2.35. The second kappa shape index (κ2) is 12.4. The van der Waals surface area contributed by atoms with Crippen molar-refractivity contribution in [3.8, 4) is 0 Å². The number of nitrogens with one attached hydrogen (secondary N) is 1. The lowest BCUT2D eigenvalue weighted by Crippen LogP contribution is -2.49. The number of primary amides is 1. The average molecular weight is 535 g/mol. The summed E-state index contributed by atoms with van der Waals surface area (Å²) in [6.45, 7) is 4.06. The minimum absolute atomic E-state index is 0.00909. The van der Waals surface area contributed by atoms with E-state index < -0.39 is 29.6 Å². The van der Waals surface area contributed by atoms with Crippen LogP contribution in [0.5, 0.6) is 0 Å². The number of amides is 3. The number of hydrogen-bond donors (Lipinski definition) is 3. The molecule has 2 atom stereocenters. The van der Waals surface area contributed by atoms with Crippen molar-refractivity contribution in [2.75, 3.05) is 58.3 Å². The lowest BCUT2D eigenvalue weighted by atomic mass is 10.0. The first-order valence-corrected chi connectivity index (χ1v) is 12.9. The van der Waals surface area contributed by atoms with Crippen LogP contribution in [0.2, 0.25) is 0 Å². The van der Waals surface area contributed by atoms with Crippen molar-refractivity contribution < 1.29 is 28.2 Å². The number of nitrogen functional groups attached to an aromatic ring is 1. The highest BCUT2D eigenvalue weighted by molar-refractivity contribution is 7.09. The summed E-state index contributed by atoms with van der Waals surface area (Å²) in [4.78, 5) is 42.7. The van der Waals surface area contributed by atoms with Crippen LogP contribution >= 0.6 is 11.5 Å². The van der Waals surface area contributed by atoms with Gasteiger partial charge < -0.3 is 31.2 Å². The van der Waals surface area contributed by atoms with Gasteiger partial charge in [-0.15, -0.1) is 0 Å². The van der Waals surface area contributed by atoms with Crippen LogP contribution in [0.4, 0.5) is 10.1 Å². The zero-order chi connectivity index (χ0) is 26.4. The number of nitrogens with two attached hydrogens (primary N) is 2. The van der Waals surface area contributed by atoms with Crippen molar-refractivity contribution >= 4 is 34.9 Å². The molecule has 0 spiro atoms. The van der Waals surface area contributed by atoms with E-state index in [0.717, 1.165) is 24.4 Å². The number of aromatic nitrogens is 1. The highest BCUT2D eigenvalue weighted by Crippen LogP contribution is 2.29. The normalized spacial score (nSPS) is 18.9. The van der Waals surface area contributed by atoms with Crippen LogP contribution in [0.25, 0.3) is 0 Å². The van der Waals surface area contributed by atoms with Crippen molar-refractivity contribution in [1.82, 2.24) is 19.5 Å². The van der Waals surface area contributed by atoms with E-state index in [9.17, 15) is 18.8 Å². The maximum Gasteiger partial charge on any atom is 0.270 e. The fraction of sp³-hybridized carbons (Fsp3) is 0.500. The molecule has 200 valence electrons. The summed E-state index contributed by atoms with van der Waals surface area (Å²) < 4.78 is 28.7. The summed E-state index contributed by atoms with van der Waals surface area (Å²) in [6.07, 6.45) is 1.64. The maximum absolute atomic E-state index is 13.9. The molecule has 0 saturated carbocycles. The van der Waals surface area contributed by atoms with E-state index in [1.54, 1.807) is 0 Å². The molecule has 2 aliphatic rings. The van der Waals surface area contributed by atoms with Crippen LogP contribution in [0, 0.1) is 5.82 Å². The average Bonchev–Trinajstić information content (AvgIpc) is 3.56. The Bertz CT molecular complexity index is 1100. The third-order valence-corrected chi connectivity index (χ3v) is 7.30. The monoisotopic (exact) mass is 534 g/mol. The molecule has 2 aromatic rings. The first-order chi connectivity index (χ1) is 17.8. The van der Waals surface area contributed by atoms with Crippen molar-refractivity contribution in [2.45, 2.75) is 25.0 Å². The third-order valence-electron chi connectivity index (χ3n) is 6.45. The van der Waals surface area contributed by atoms with E-state index in [1.807, 2.05) is 0 Å². The Morgan fingerprint density at radius 1 is 1.22 bits per heavy atom. The smallest absolute Gasteiger partial charge is 0.270 e. The van der Waals surface area contributed by atoms with Crippen LogP contribution in [-0.4, -0.2) is 90.5 Å². The van der Waals surface area contributed by atoms with Crippen molar-refractivity contribution in [3.05, 3.63) is 46.2 Å². The van der Waals surface area contributed by atoms with Gasteiger partial charge in [0.2, 0.25) is 5.91 Å². The van der Waals surface area contributed by atoms with E-state index in [0.29, 0.717) is 45.0 Å². The fourth-order valence-corrected chi connectivity index (χ4v) is 5.18. The number of carbonyl (C=O) groups excluding carboxylic acids is 3. The van der Waals surface area contributed by atoms with E-state index in [4.69, 9.17) is 20.9 Å². The second-order valence-electron chi connectivity index (χ2n) is 8.93. The number of nitrogens with zero attached hydrogens (tertiary/aromatic N) is 3. The van der Waals surface area contributed by atoms with Gasteiger partial charge in [-0.25, -0.2) is 4.39 Å². The molecule has 4 rings (SSSR count). The molecule has 37 heavy (non-hydrogen) atoms. The van der Waals surface area contributed by atoms with Gasteiger partial charge in [0.1, 0.15) is 16.7 Å². The molecule has 0 aliphatic carbocycles. The van der Waals surface area contributed by atoms with Gasteiger partial charge in [-0.05, 0) is 42.1 Å². The summed E-state index contributed by atoms with van der Waals surface area (Å²) in [6, 6.07) is 4.35. The van der Waals surface area contributed by atoms with Gasteiger partial charge in [0.25, 0.3) is 11.8 Å². The van der Waals surface area contributed by atoms with Gasteiger partial charge >= 0.3 is 0 Å². The summed E-state index contributed by atoms with van der Waals surface area (Å²) in [5, 5.41) is 2.90. The van der Waals surface area contributed by atoms with Crippen LogP contribution < -0.4 is 16.8 Å². The summed E-state index contributed by atoms with van der Waals surface area (Å²) in [7, 11) is 0. The molecule has 5 N–H and O–H groups in total. The van der Waals surface area contributed by atoms with E-state index in [-0.39, 0.29) is 35.5 Å². The van der Waals surface area contributed by atoms with Crippen LogP contribution in [-0.2, 0) is 14.3 Å². The number of benzene rings is 1. The standard InChI is InChI=1S/C24H31FN6O5S/c25-16-5-3-15(4-6-16)20(23(33)28-14-17-2-1-11-36-17)31(8-7-30-9-12-35-13-10-30)24(34)21-18(26)19(22(27)32)29-37-21/h3-6,17,20H,1-2,7-14,26H2,(H2,27,32)(H,28,33)/t17-,20+/m1/s1. The van der Waals surface area contributed by atoms with Gasteiger partial charge in [0, 0.05) is 39.3 Å². The Balaban J connectivity index is 1.66. The SMILES string of the molecule is NC(=O)c1nsc(C(=O)N(CCN2CCOCC2)[C@H](C(=O)NC[C@H]2CCCO2)c2ccc(F)cc2)c1N. The van der Waals surface area contributed by atoms with Crippen molar-refractivity contribution in [2.24, 2.45) is 5.73 Å². The molecule has 0 radical (unpaired) electrons.